The predicted octanol–water partition coefficient (Wildman–Crippen LogP) is 4.08. The first kappa shape index (κ1) is 17.0. The van der Waals surface area contributed by atoms with E-state index in [9.17, 15) is 9.59 Å². The van der Waals surface area contributed by atoms with Crippen LogP contribution in [0.15, 0.2) is 51.7 Å². The number of halogens is 1. The molecule has 6 heteroatoms. The fourth-order valence-corrected chi connectivity index (χ4v) is 2.63. The molecule has 0 aliphatic rings. The van der Waals surface area contributed by atoms with Gasteiger partial charge >= 0.3 is 5.63 Å². The molecule has 0 unspecified atom stereocenters. The lowest BCUT2D eigenvalue weighted by Crippen LogP contribution is -2.20. The maximum absolute atomic E-state index is 12.1. The van der Waals surface area contributed by atoms with E-state index < -0.39 is 5.63 Å². The summed E-state index contributed by atoms with van der Waals surface area (Å²) in [5.41, 5.74) is 2.37. The zero-order valence-corrected chi connectivity index (χ0v) is 14.5. The van der Waals surface area contributed by atoms with Gasteiger partial charge in [0.1, 0.15) is 11.3 Å². The van der Waals surface area contributed by atoms with Crippen LogP contribution in [0.2, 0.25) is 5.02 Å². The monoisotopic (exact) mass is 357 g/mol. The number of hydrogen-bond donors (Lipinski definition) is 1. The fraction of sp³-hybridized carbons (Fsp3) is 0.158. The molecule has 0 saturated heterocycles. The molecular weight excluding hydrogens is 342 g/mol. The number of fused-ring (bicyclic) bond motifs is 1. The minimum Gasteiger partial charge on any atom is -0.484 e. The summed E-state index contributed by atoms with van der Waals surface area (Å²) in [4.78, 5) is 23.5. The summed E-state index contributed by atoms with van der Waals surface area (Å²) < 4.78 is 10.7. The number of carbonyl (C=O) groups excluding carboxylic acids is 1. The fourth-order valence-electron chi connectivity index (χ4n) is 2.46. The number of amides is 1. The van der Waals surface area contributed by atoms with Gasteiger partial charge < -0.3 is 14.5 Å². The zero-order valence-electron chi connectivity index (χ0n) is 13.8. The van der Waals surface area contributed by atoms with E-state index in [2.05, 4.69) is 5.32 Å². The lowest BCUT2D eigenvalue weighted by Gasteiger charge is -2.10. The molecule has 0 atom stereocenters. The summed E-state index contributed by atoms with van der Waals surface area (Å²) in [6, 6.07) is 11.8. The zero-order chi connectivity index (χ0) is 18.0. The third-order valence-electron chi connectivity index (χ3n) is 3.77. The Labute approximate surface area is 149 Å². The maximum Gasteiger partial charge on any atom is 0.336 e. The molecule has 1 amide bonds. The van der Waals surface area contributed by atoms with Crippen molar-refractivity contribution < 1.29 is 13.9 Å². The van der Waals surface area contributed by atoms with Crippen molar-refractivity contribution >= 4 is 34.2 Å². The Balaban J connectivity index is 1.70. The van der Waals surface area contributed by atoms with Crippen molar-refractivity contribution in [2.75, 3.05) is 11.9 Å². The van der Waals surface area contributed by atoms with Crippen LogP contribution in [0.25, 0.3) is 11.0 Å². The second kappa shape index (κ2) is 6.99. The van der Waals surface area contributed by atoms with E-state index in [-0.39, 0.29) is 12.5 Å². The SMILES string of the molecule is Cc1ccc(Cl)cc1NC(=O)COc1ccc2c(C)cc(=O)oc2c1. The third-order valence-corrected chi connectivity index (χ3v) is 4.00. The Hall–Kier alpha value is -2.79. The summed E-state index contributed by atoms with van der Waals surface area (Å²) in [5.74, 6) is 0.135. The average molecular weight is 358 g/mol. The summed E-state index contributed by atoms with van der Waals surface area (Å²) in [7, 11) is 0. The van der Waals surface area contributed by atoms with Gasteiger partial charge in [-0.3, -0.25) is 4.79 Å². The van der Waals surface area contributed by atoms with Crippen molar-refractivity contribution in [3.05, 3.63) is 69.0 Å². The molecule has 1 heterocycles. The van der Waals surface area contributed by atoms with Crippen molar-refractivity contribution in [2.45, 2.75) is 13.8 Å². The third kappa shape index (κ3) is 4.00. The maximum atomic E-state index is 12.1. The summed E-state index contributed by atoms with van der Waals surface area (Å²) >= 11 is 5.94. The molecule has 1 aromatic heterocycles. The van der Waals surface area contributed by atoms with Gasteiger partial charge in [0, 0.05) is 28.2 Å². The number of anilines is 1. The van der Waals surface area contributed by atoms with E-state index in [4.69, 9.17) is 20.8 Å². The molecule has 0 spiro atoms. The number of benzene rings is 2. The van der Waals surface area contributed by atoms with Gasteiger partial charge in [-0.25, -0.2) is 4.79 Å². The summed E-state index contributed by atoms with van der Waals surface area (Å²) in [6.45, 7) is 3.54. The lowest BCUT2D eigenvalue weighted by molar-refractivity contribution is -0.118. The molecule has 5 nitrogen and oxygen atoms in total. The van der Waals surface area contributed by atoms with Crippen LogP contribution in [0.3, 0.4) is 0 Å². The van der Waals surface area contributed by atoms with E-state index in [0.29, 0.717) is 22.0 Å². The molecule has 128 valence electrons. The molecule has 0 radical (unpaired) electrons. The van der Waals surface area contributed by atoms with Crippen molar-refractivity contribution in [1.82, 2.24) is 0 Å². The van der Waals surface area contributed by atoms with E-state index >= 15 is 0 Å². The highest BCUT2D eigenvalue weighted by molar-refractivity contribution is 6.31. The lowest BCUT2D eigenvalue weighted by atomic mass is 10.1. The summed E-state index contributed by atoms with van der Waals surface area (Å²) in [5, 5.41) is 4.12. The van der Waals surface area contributed by atoms with E-state index in [0.717, 1.165) is 16.5 Å². The second-order valence-electron chi connectivity index (χ2n) is 5.70. The Bertz CT molecular complexity index is 1010. The van der Waals surface area contributed by atoms with Crippen LogP contribution in [-0.4, -0.2) is 12.5 Å². The van der Waals surface area contributed by atoms with Crippen LogP contribution in [0.1, 0.15) is 11.1 Å². The van der Waals surface area contributed by atoms with Gasteiger partial charge in [-0.2, -0.15) is 0 Å². The normalized spacial score (nSPS) is 10.7. The van der Waals surface area contributed by atoms with Crippen LogP contribution < -0.4 is 15.7 Å². The van der Waals surface area contributed by atoms with E-state index in [1.807, 2.05) is 19.9 Å². The summed E-state index contributed by atoms with van der Waals surface area (Å²) in [6.07, 6.45) is 0. The van der Waals surface area contributed by atoms with Crippen molar-refractivity contribution in [3.8, 4) is 5.75 Å². The Morgan fingerprint density at radius 2 is 1.92 bits per heavy atom. The number of aryl methyl sites for hydroxylation is 2. The van der Waals surface area contributed by atoms with Gasteiger partial charge in [0.15, 0.2) is 6.61 Å². The van der Waals surface area contributed by atoms with Gasteiger partial charge in [0.2, 0.25) is 0 Å². The van der Waals surface area contributed by atoms with Gasteiger partial charge in [-0.1, -0.05) is 17.7 Å². The average Bonchev–Trinajstić information content (AvgIpc) is 2.56. The first-order valence-electron chi connectivity index (χ1n) is 7.66. The Morgan fingerprint density at radius 1 is 1.12 bits per heavy atom. The molecule has 0 bridgehead atoms. The van der Waals surface area contributed by atoms with Gasteiger partial charge in [0.05, 0.1) is 0 Å². The Kier molecular flexibility index (Phi) is 4.76. The van der Waals surface area contributed by atoms with Crippen molar-refractivity contribution in [3.63, 3.8) is 0 Å². The van der Waals surface area contributed by atoms with E-state index in [1.54, 1.807) is 30.3 Å². The van der Waals surface area contributed by atoms with Crippen LogP contribution in [0.4, 0.5) is 5.69 Å². The number of rotatable bonds is 4. The number of nitrogens with one attached hydrogen (secondary N) is 1. The highest BCUT2D eigenvalue weighted by atomic mass is 35.5. The minimum atomic E-state index is -0.420. The highest BCUT2D eigenvalue weighted by Crippen LogP contribution is 2.23. The predicted molar refractivity (Wildman–Crippen MR) is 97.5 cm³/mol. The minimum absolute atomic E-state index is 0.173. The van der Waals surface area contributed by atoms with Crippen LogP contribution in [-0.2, 0) is 4.79 Å². The molecule has 0 aliphatic carbocycles. The quantitative estimate of drug-likeness (QED) is 0.714. The Morgan fingerprint density at radius 3 is 2.72 bits per heavy atom. The molecule has 3 rings (SSSR count). The molecule has 3 aromatic rings. The molecule has 0 aliphatic heterocycles. The van der Waals surface area contributed by atoms with Crippen LogP contribution in [0.5, 0.6) is 5.75 Å². The molecular formula is C19H16ClNO4. The number of hydrogen-bond acceptors (Lipinski definition) is 4. The van der Waals surface area contributed by atoms with Crippen LogP contribution >= 0.6 is 11.6 Å². The van der Waals surface area contributed by atoms with Crippen LogP contribution in [0, 0.1) is 13.8 Å². The van der Waals surface area contributed by atoms with Gasteiger partial charge in [-0.05, 0) is 49.2 Å². The molecule has 2 aromatic carbocycles. The van der Waals surface area contributed by atoms with Crippen molar-refractivity contribution in [1.29, 1.82) is 0 Å². The largest absolute Gasteiger partial charge is 0.484 e. The second-order valence-corrected chi connectivity index (χ2v) is 6.14. The molecule has 0 saturated carbocycles. The van der Waals surface area contributed by atoms with Gasteiger partial charge in [0.25, 0.3) is 5.91 Å². The first-order valence-corrected chi connectivity index (χ1v) is 8.03. The standard InChI is InChI=1S/C19H16ClNO4/c1-11-3-4-13(20)8-16(11)21-18(22)10-24-14-5-6-15-12(2)7-19(23)25-17(15)9-14/h3-9H,10H2,1-2H3,(H,21,22). The van der Waals surface area contributed by atoms with Crippen molar-refractivity contribution in [2.24, 2.45) is 0 Å². The topological polar surface area (TPSA) is 68.5 Å². The molecule has 25 heavy (non-hydrogen) atoms. The smallest absolute Gasteiger partial charge is 0.336 e. The van der Waals surface area contributed by atoms with Gasteiger partial charge in [-0.15, -0.1) is 0 Å². The van der Waals surface area contributed by atoms with E-state index in [1.165, 1.54) is 6.07 Å². The number of ether oxygens (including phenoxy) is 1. The molecule has 0 fully saturated rings. The highest BCUT2D eigenvalue weighted by Gasteiger charge is 2.08. The molecule has 1 N–H and O–H groups in total. The number of carbonyl (C=O) groups is 1. The first-order chi connectivity index (χ1) is 11.9.